The average molecular weight is 338 g/mol. The van der Waals surface area contributed by atoms with Crippen molar-refractivity contribution in [3.8, 4) is 0 Å². The summed E-state index contributed by atoms with van der Waals surface area (Å²) in [7, 11) is 1.97. The van der Waals surface area contributed by atoms with Gasteiger partial charge in [-0.05, 0) is 37.6 Å². The van der Waals surface area contributed by atoms with E-state index in [1.54, 1.807) is 12.1 Å². The monoisotopic (exact) mass is 336 g/mol. The molecular formula is C14H19Cl3N2O. The van der Waals surface area contributed by atoms with Crippen molar-refractivity contribution in [1.29, 1.82) is 0 Å². The first-order valence-electron chi connectivity index (χ1n) is 6.49. The van der Waals surface area contributed by atoms with Crippen LogP contribution in [0.1, 0.15) is 18.4 Å². The van der Waals surface area contributed by atoms with Gasteiger partial charge in [-0.25, -0.2) is 0 Å². The predicted molar refractivity (Wildman–Crippen MR) is 86.1 cm³/mol. The van der Waals surface area contributed by atoms with Crippen molar-refractivity contribution in [2.75, 3.05) is 20.1 Å². The van der Waals surface area contributed by atoms with Crippen LogP contribution in [0.5, 0.6) is 0 Å². The summed E-state index contributed by atoms with van der Waals surface area (Å²) < 4.78 is 0. The summed E-state index contributed by atoms with van der Waals surface area (Å²) in [5.74, 6) is 0.160. The maximum Gasteiger partial charge on any atom is 0.226 e. The molecule has 20 heavy (non-hydrogen) atoms. The van der Waals surface area contributed by atoms with Crippen LogP contribution in [0.2, 0.25) is 10.0 Å². The molecule has 6 heteroatoms. The van der Waals surface area contributed by atoms with Crippen molar-refractivity contribution in [2.45, 2.75) is 25.3 Å². The van der Waals surface area contributed by atoms with Gasteiger partial charge in [-0.1, -0.05) is 29.3 Å². The molecule has 1 fully saturated rings. The van der Waals surface area contributed by atoms with Crippen molar-refractivity contribution in [3.05, 3.63) is 33.8 Å². The highest BCUT2D eigenvalue weighted by Crippen LogP contribution is 2.23. The Morgan fingerprint density at radius 3 is 2.50 bits per heavy atom. The fourth-order valence-corrected chi connectivity index (χ4v) is 2.67. The summed E-state index contributed by atoms with van der Waals surface area (Å²) in [6, 6.07) is 5.89. The van der Waals surface area contributed by atoms with Gasteiger partial charge in [-0.15, -0.1) is 12.4 Å². The molecule has 1 saturated heterocycles. The minimum atomic E-state index is 0. The van der Waals surface area contributed by atoms with Crippen LogP contribution in [0, 0.1) is 0 Å². The van der Waals surface area contributed by atoms with Crippen LogP contribution in [0.3, 0.4) is 0 Å². The Morgan fingerprint density at radius 1 is 1.30 bits per heavy atom. The zero-order valence-electron chi connectivity index (χ0n) is 11.4. The van der Waals surface area contributed by atoms with E-state index >= 15 is 0 Å². The number of nitrogens with zero attached hydrogens (tertiary/aromatic N) is 1. The lowest BCUT2D eigenvalue weighted by Crippen LogP contribution is -2.44. The quantitative estimate of drug-likeness (QED) is 0.919. The standard InChI is InChI=1S/C14H18Cl2N2O.ClH/c1-17-11-4-6-18(7-5-11)14(19)9-10-2-3-12(15)13(16)8-10;/h2-3,8,11,17H,4-7,9H2,1H3;1H. The van der Waals surface area contributed by atoms with Gasteiger partial charge < -0.3 is 10.2 Å². The zero-order valence-corrected chi connectivity index (χ0v) is 13.7. The van der Waals surface area contributed by atoms with Crippen molar-refractivity contribution < 1.29 is 4.79 Å². The molecule has 1 heterocycles. The summed E-state index contributed by atoms with van der Waals surface area (Å²) in [4.78, 5) is 14.1. The third-order valence-corrected chi connectivity index (χ3v) is 4.33. The van der Waals surface area contributed by atoms with Gasteiger partial charge in [0.25, 0.3) is 0 Å². The minimum absolute atomic E-state index is 0. The fourth-order valence-electron chi connectivity index (χ4n) is 2.35. The van der Waals surface area contributed by atoms with E-state index in [1.807, 2.05) is 18.0 Å². The molecule has 0 bridgehead atoms. The van der Waals surface area contributed by atoms with Gasteiger partial charge in [0.15, 0.2) is 0 Å². The first kappa shape index (κ1) is 17.6. The van der Waals surface area contributed by atoms with E-state index in [9.17, 15) is 4.79 Å². The summed E-state index contributed by atoms with van der Waals surface area (Å²) in [6.07, 6.45) is 2.42. The lowest BCUT2D eigenvalue weighted by molar-refractivity contribution is -0.131. The predicted octanol–water partition coefficient (Wildman–Crippen LogP) is 3.17. The van der Waals surface area contributed by atoms with Gasteiger partial charge in [-0.3, -0.25) is 4.79 Å². The summed E-state index contributed by atoms with van der Waals surface area (Å²) >= 11 is 11.8. The zero-order chi connectivity index (χ0) is 13.8. The normalized spacial score (nSPS) is 15.8. The first-order chi connectivity index (χ1) is 9.10. The highest BCUT2D eigenvalue weighted by Gasteiger charge is 2.21. The van der Waals surface area contributed by atoms with E-state index in [2.05, 4.69) is 5.32 Å². The number of likely N-dealkylation sites (tertiary alicyclic amines) is 1. The van der Waals surface area contributed by atoms with Crippen molar-refractivity contribution >= 4 is 41.5 Å². The molecule has 1 amide bonds. The topological polar surface area (TPSA) is 32.3 Å². The maximum absolute atomic E-state index is 12.2. The van der Waals surface area contributed by atoms with E-state index in [1.165, 1.54) is 0 Å². The number of piperidine rings is 1. The van der Waals surface area contributed by atoms with Gasteiger partial charge in [-0.2, -0.15) is 0 Å². The van der Waals surface area contributed by atoms with Crippen LogP contribution in [-0.2, 0) is 11.2 Å². The molecule has 0 aliphatic carbocycles. The van der Waals surface area contributed by atoms with Crippen molar-refractivity contribution in [3.63, 3.8) is 0 Å². The summed E-state index contributed by atoms with van der Waals surface area (Å²) in [5.41, 5.74) is 0.912. The first-order valence-corrected chi connectivity index (χ1v) is 7.24. The number of hydrogen-bond acceptors (Lipinski definition) is 2. The molecule has 1 N–H and O–H groups in total. The Labute approximate surface area is 136 Å². The Balaban J connectivity index is 0.00000200. The highest BCUT2D eigenvalue weighted by molar-refractivity contribution is 6.42. The van der Waals surface area contributed by atoms with Gasteiger partial charge >= 0.3 is 0 Å². The average Bonchev–Trinajstić information content (AvgIpc) is 2.43. The lowest BCUT2D eigenvalue weighted by atomic mass is 10.0. The van der Waals surface area contributed by atoms with Crippen LogP contribution < -0.4 is 5.32 Å². The lowest BCUT2D eigenvalue weighted by Gasteiger charge is -2.31. The molecule has 3 nitrogen and oxygen atoms in total. The van der Waals surface area contributed by atoms with Gasteiger partial charge in [0, 0.05) is 19.1 Å². The molecule has 0 aromatic heterocycles. The van der Waals surface area contributed by atoms with Crippen LogP contribution >= 0.6 is 35.6 Å². The fraction of sp³-hybridized carbons (Fsp3) is 0.500. The molecule has 1 aliphatic rings. The second kappa shape index (κ2) is 8.08. The highest BCUT2D eigenvalue weighted by atomic mass is 35.5. The number of nitrogens with one attached hydrogen (secondary N) is 1. The van der Waals surface area contributed by atoms with E-state index in [-0.39, 0.29) is 18.3 Å². The Morgan fingerprint density at radius 2 is 1.95 bits per heavy atom. The Kier molecular flexibility index (Phi) is 7.10. The number of halogens is 3. The summed E-state index contributed by atoms with van der Waals surface area (Å²) in [6.45, 7) is 1.65. The second-order valence-electron chi connectivity index (χ2n) is 4.87. The Hall–Kier alpha value is -0.480. The van der Waals surface area contributed by atoms with Crippen LogP contribution in [0.15, 0.2) is 18.2 Å². The van der Waals surface area contributed by atoms with Gasteiger partial charge in [0.2, 0.25) is 5.91 Å². The van der Waals surface area contributed by atoms with Crippen molar-refractivity contribution in [2.24, 2.45) is 0 Å². The van der Waals surface area contributed by atoms with Crippen LogP contribution in [0.25, 0.3) is 0 Å². The van der Waals surface area contributed by atoms with E-state index < -0.39 is 0 Å². The third kappa shape index (κ3) is 4.52. The van der Waals surface area contributed by atoms with Crippen molar-refractivity contribution in [1.82, 2.24) is 10.2 Å². The van der Waals surface area contributed by atoms with E-state index in [0.717, 1.165) is 31.5 Å². The number of rotatable bonds is 3. The molecule has 0 atom stereocenters. The Bertz CT molecular complexity index is 460. The molecule has 1 aromatic rings. The number of benzene rings is 1. The van der Waals surface area contributed by atoms with Gasteiger partial charge in [0.05, 0.1) is 16.5 Å². The molecule has 2 rings (SSSR count). The van der Waals surface area contributed by atoms with E-state index in [4.69, 9.17) is 23.2 Å². The van der Waals surface area contributed by atoms with Gasteiger partial charge in [0.1, 0.15) is 0 Å². The number of amides is 1. The van der Waals surface area contributed by atoms with Crippen LogP contribution in [0.4, 0.5) is 0 Å². The molecule has 1 aromatic carbocycles. The number of carbonyl (C=O) groups excluding carboxylic acids is 1. The third-order valence-electron chi connectivity index (χ3n) is 3.60. The minimum Gasteiger partial charge on any atom is -0.342 e. The molecule has 0 saturated carbocycles. The maximum atomic E-state index is 12.2. The molecule has 112 valence electrons. The van der Waals surface area contributed by atoms with Crippen LogP contribution in [-0.4, -0.2) is 37.0 Å². The molecule has 1 aliphatic heterocycles. The second-order valence-corrected chi connectivity index (χ2v) is 5.68. The molecule has 0 unspecified atom stereocenters. The number of carbonyl (C=O) groups is 1. The molecule has 0 radical (unpaired) electrons. The van der Waals surface area contributed by atoms with E-state index in [0.29, 0.717) is 22.5 Å². The molecular weight excluding hydrogens is 319 g/mol. The SMILES string of the molecule is CNC1CCN(C(=O)Cc2ccc(Cl)c(Cl)c2)CC1.Cl. The summed E-state index contributed by atoms with van der Waals surface area (Å²) in [5, 5.41) is 4.28. The number of hydrogen-bond donors (Lipinski definition) is 1. The smallest absolute Gasteiger partial charge is 0.226 e. The molecule has 0 spiro atoms. The largest absolute Gasteiger partial charge is 0.342 e.